The van der Waals surface area contributed by atoms with Crippen molar-refractivity contribution in [2.45, 2.75) is 38.5 Å². The van der Waals surface area contributed by atoms with Gasteiger partial charge < -0.3 is 5.73 Å². The quantitative estimate of drug-likeness (QED) is 0.700. The van der Waals surface area contributed by atoms with Crippen LogP contribution in [-0.2, 0) is 0 Å². The third-order valence-electron chi connectivity index (χ3n) is 3.27. The molecule has 2 aliphatic rings. The Morgan fingerprint density at radius 3 is 2.18 bits per heavy atom. The molecule has 0 aromatic heterocycles. The van der Waals surface area contributed by atoms with E-state index in [0.29, 0.717) is 5.41 Å². The van der Waals surface area contributed by atoms with Crippen molar-refractivity contribution in [3.05, 3.63) is 0 Å². The predicted molar refractivity (Wildman–Crippen MR) is 49.9 cm³/mol. The molecule has 0 atom stereocenters. The minimum absolute atomic E-state index is 0. The molecule has 2 saturated carbocycles. The lowest BCUT2D eigenvalue weighted by atomic mass is 9.66. The van der Waals surface area contributed by atoms with Gasteiger partial charge in [0.05, 0.1) is 0 Å². The molecule has 11 heavy (non-hydrogen) atoms. The minimum Gasteiger partial charge on any atom is -0.330 e. The Kier molecular flexibility index (Phi) is 2.82. The van der Waals surface area contributed by atoms with E-state index in [-0.39, 0.29) is 12.4 Å². The van der Waals surface area contributed by atoms with Gasteiger partial charge in [-0.25, -0.2) is 0 Å². The van der Waals surface area contributed by atoms with Crippen LogP contribution in [-0.4, -0.2) is 6.54 Å². The van der Waals surface area contributed by atoms with Gasteiger partial charge in [0.15, 0.2) is 0 Å². The van der Waals surface area contributed by atoms with E-state index in [1.165, 1.54) is 38.5 Å². The number of hydrogen-bond acceptors (Lipinski definition) is 1. The van der Waals surface area contributed by atoms with E-state index < -0.39 is 0 Å². The molecule has 2 fully saturated rings. The van der Waals surface area contributed by atoms with E-state index in [1.54, 1.807) is 0 Å². The molecule has 0 spiro atoms. The average Bonchev–Trinajstić information content (AvgIpc) is 2.62. The molecular weight excluding hydrogens is 158 g/mol. The molecule has 2 N–H and O–H groups in total. The van der Waals surface area contributed by atoms with Crippen molar-refractivity contribution in [1.29, 1.82) is 0 Å². The zero-order valence-corrected chi connectivity index (χ0v) is 7.83. The SMILES string of the molecule is Cl.NCC1(CC2CC2)CCC1. The molecule has 2 aliphatic carbocycles. The van der Waals surface area contributed by atoms with Crippen LogP contribution in [0.15, 0.2) is 0 Å². The highest BCUT2D eigenvalue weighted by Gasteiger charge is 2.40. The van der Waals surface area contributed by atoms with Gasteiger partial charge in [-0.05, 0) is 37.1 Å². The van der Waals surface area contributed by atoms with Crippen molar-refractivity contribution in [2.24, 2.45) is 17.1 Å². The summed E-state index contributed by atoms with van der Waals surface area (Å²) >= 11 is 0. The topological polar surface area (TPSA) is 26.0 Å². The molecule has 2 rings (SSSR count). The van der Waals surface area contributed by atoms with Crippen molar-refractivity contribution >= 4 is 12.4 Å². The van der Waals surface area contributed by atoms with Crippen LogP contribution in [0.4, 0.5) is 0 Å². The maximum Gasteiger partial charge on any atom is -0.00204 e. The highest BCUT2D eigenvalue weighted by molar-refractivity contribution is 5.85. The summed E-state index contributed by atoms with van der Waals surface area (Å²) in [5.41, 5.74) is 6.37. The first-order chi connectivity index (χ1) is 4.85. The van der Waals surface area contributed by atoms with E-state index >= 15 is 0 Å². The zero-order valence-electron chi connectivity index (χ0n) is 7.01. The van der Waals surface area contributed by atoms with Crippen LogP contribution in [0, 0.1) is 11.3 Å². The van der Waals surface area contributed by atoms with Crippen LogP contribution in [0.5, 0.6) is 0 Å². The standard InChI is InChI=1S/C9H17N.ClH/c10-7-9(4-1-5-9)6-8-2-3-8;/h8H,1-7,10H2;1H. The molecule has 0 bridgehead atoms. The lowest BCUT2D eigenvalue weighted by Crippen LogP contribution is -2.37. The van der Waals surface area contributed by atoms with Gasteiger partial charge in [0.2, 0.25) is 0 Å². The largest absolute Gasteiger partial charge is 0.330 e. The van der Waals surface area contributed by atoms with Crippen LogP contribution in [0.2, 0.25) is 0 Å². The van der Waals surface area contributed by atoms with Gasteiger partial charge in [-0.2, -0.15) is 0 Å². The highest BCUT2D eigenvalue weighted by Crippen LogP contribution is 2.50. The normalized spacial score (nSPS) is 27.0. The van der Waals surface area contributed by atoms with E-state index in [4.69, 9.17) is 5.73 Å². The molecule has 0 aromatic rings. The molecule has 0 aliphatic heterocycles. The van der Waals surface area contributed by atoms with Crippen LogP contribution in [0.25, 0.3) is 0 Å². The molecule has 0 heterocycles. The molecule has 0 unspecified atom stereocenters. The fraction of sp³-hybridized carbons (Fsp3) is 1.00. The van der Waals surface area contributed by atoms with Gasteiger partial charge in [-0.1, -0.05) is 19.3 Å². The molecular formula is C9H18ClN. The molecule has 0 amide bonds. The first kappa shape index (κ1) is 9.34. The molecule has 2 heteroatoms. The maximum absolute atomic E-state index is 5.74. The van der Waals surface area contributed by atoms with Crippen LogP contribution >= 0.6 is 12.4 Å². The van der Waals surface area contributed by atoms with E-state index in [0.717, 1.165) is 12.5 Å². The third-order valence-corrected chi connectivity index (χ3v) is 3.27. The second-order valence-corrected chi connectivity index (χ2v) is 4.21. The van der Waals surface area contributed by atoms with E-state index in [1.807, 2.05) is 0 Å². The summed E-state index contributed by atoms with van der Waals surface area (Å²) < 4.78 is 0. The Morgan fingerprint density at radius 2 is 1.91 bits per heavy atom. The first-order valence-corrected chi connectivity index (χ1v) is 4.55. The summed E-state index contributed by atoms with van der Waals surface area (Å²) in [5, 5.41) is 0. The van der Waals surface area contributed by atoms with Crippen molar-refractivity contribution in [2.75, 3.05) is 6.54 Å². The smallest absolute Gasteiger partial charge is 0.00204 e. The van der Waals surface area contributed by atoms with Gasteiger partial charge in [0.1, 0.15) is 0 Å². The number of rotatable bonds is 3. The summed E-state index contributed by atoms with van der Waals surface area (Å²) in [6.07, 6.45) is 8.69. The lowest BCUT2D eigenvalue weighted by Gasteiger charge is -2.41. The molecule has 0 radical (unpaired) electrons. The Labute approximate surface area is 75.1 Å². The monoisotopic (exact) mass is 175 g/mol. The lowest BCUT2D eigenvalue weighted by molar-refractivity contribution is 0.122. The van der Waals surface area contributed by atoms with Crippen molar-refractivity contribution < 1.29 is 0 Å². The average molecular weight is 176 g/mol. The summed E-state index contributed by atoms with van der Waals surface area (Å²) in [6.45, 7) is 0.948. The van der Waals surface area contributed by atoms with Crippen molar-refractivity contribution in [3.63, 3.8) is 0 Å². The Hall–Kier alpha value is 0.250. The summed E-state index contributed by atoms with van der Waals surface area (Å²) in [7, 11) is 0. The van der Waals surface area contributed by atoms with Gasteiger partial charge in [-0.3, -0.25) is 0 Å². The molecule has 66 valence electrons. The Bertz CT molecular complexity index is 122. The number of nitrogens with two attached hydrogens (primary N) is 1. The summed E-state index contributed by atoms with van der Waals surface area (Å²) in [4.78, 5) is 0. The minimum atomic E-state index is 0. The second-order valence-electron chi connectivity index (χ2n) is 4.21. The van der Waals surface area contributed by atoms with Crippen LogP contribution < -0.4 is 5.73 Å². The Balaban J connectivity index is 0.000000605. The predicted octanol–water partition coefficient (Wildman–Crippen LogP) is 2.34. The van der Waals surface area contributed by atoms with Crippen LogP contribution in [0.1, 0.15) is 38.5 Å². The maximum atomic E-state index is 5.74. The molecule has 1 nitrogen and oxygen atoms in total. The second kappa shape index (κ2) is 3.32. The van der Waals surface area contributed by atoms with E-state index in [2.05, 4.69) is 0 Å². The summed E-state index contributed by atoms with van der Waals surface area (Å²) in [6, 6.07) is 0. The first-order valence-electron chi connectivity index (χ1n) is 4.55. The van der Waals surface area contributed by atoms with E-state index in [9.17, 15) is 0 Å². The fourth-order valence-corrected chi connectivity index (χ4v) is 2.10. The molecule has 0 aromatic carbocycles. The van der Waals surface area contributed by atoms with Crippen molar-refractivity contribution in [3.8, 4) is 0 Å². The van der Waals surface area contributed by atoms with Gasteiger partial charge in [-0.15, -0.1) is 12.4 Å². The van der Waals surface area contributed by atoms with Crippen molar-refractivity contribution in [1.82, 2.24) is 0 Å². The van der Waals surface area contributed by atoms with Gasteiger partial charge in [0, 0.05) is 0 Å². The number of halogens is 1. The third kappa shape index (κ3) is 1.88. The zero-order chi connectivity index (χ0) is 7.03. The Morgan fingerprint density at radius 1 is 1.27 bits per heavy atom. The van der Waals surface area contributed by atoms with Gasteiger partial charge in [0.25, 0.3) is 0 Å². The fourth-order valence-electron chi connectivity index (χ4n) is 2.10. The summed E-state index contributed by atoms with van der Waals surface area (Å²) in [5.74, 6) is 1.07. The number of hydrogen-bond donors (Lipinski definition) is 1. The molecule has 0 saturated heterocycles. The highest BCUT2D eigenvalue weighted by atomic mass is 35.5. The van der Waals surface area contributed by atoms with Crippen LogP contribution in [0.3, 0.4) is 0 Å². The van der Waals surface area contributed by atoms with Gasteiger partial charge >= 0.3 is 0 Å².